The van der Waals surface area contributed by atoms with Gasteiger partial charge in [-0.3, -0.25) is 0 Å². The summed E-state index contributed by atoms with van der Waals surface area (Å²) in [7, 11) is 0. The van der Waals surface area contributed by atoms with Gasteiger partial charge in [0.2, 0.25) is 0 Å². The van der Waals surface area contributed by atoms with Crippen LogP contribution in [0.4, 0.5) is 0 Å². The van der Waals surface area contributed by atoms with Gasteiger partial charge in [-0.15, -0.1) is 5.92 Å². The fraction of sp³-hybridized carbons (Fsp3) is 0.800. The third kappa shape index (κ3) is 5.50. The molecule has 74 valence electrons. The number of alkyl halides is 1. The number of hydrogen-bond donors (Lipinski definition) is 0. The minimum atomic E-state index is 0.00246. The second kappa shape index (κ2) is 7.60. The average molecular weight is 294 g/mol. The van der Waals surface area contributed by atoms with Gasteiger partial charge in [0.25, 0.3) is 0 Å². The summed E-state index contributed by atoms with van der Waals surface area (Å²) in [4.78, 5) is 0. The molecule has 1 aliphatic rings. The van der Waals surface area contributed by atoms with Crippen molar-refractivity contribution < 1.29 is 9.47 Å². The number of ether oxygens (including phenoxy) is 2. The van der Waals surface area contributed by atoms with Gasteiger partial charge in [0.05, 0.1) is 0 Å². The Labute approximate surface area is 93.5 Å². The lowest BCUT2D eigenvalue weighted by molar-refractivity contribution is -0.154. The van der Waals surface area contributed by atoms with Gasteiger partial charge in [-0.2, -0.15) is 0 Å². The Hall–Kier alpha value is 0.210. The molecule has 3 heteroatoms. The normalized spacial score (nSPS) is 22.1. The van der Waals surface area contributed by atoms with Gasteiger partial charge in [-0.05, 0) is 19.3 Å². The number of halogens is 1. The zero-order chi connectivity index (χ0) is 9.36. The SMILES string of the molecule is ICCC#CCOC1CCCCO1. The van der Waals surface area contributed by atoms with E-state index in [4.69, 9.17) is 9.47 Å². The van der Waals surface area contributed by atoms with E-state index in [1.54, 1.807) is 0 Å². The predicted octanol–water partition coefficient (Wildman–Crippen LogP) is 2.36. The maximum atomic E-state index is 5.43. The molecule has 1 atom stereocenters. The van der Waals surface area contributed by atoms with Crippen molar-refractivity contribution in [2.75, 3.05) is 17.6 Å². The molecule has 13 heavy (non-hydrogen) atoms. The van der Waals surface area contributed by atoms with Crippen molar-refractivity contribution in [1.29, 1.82) is 0 Å². The van der Waals surface area contributed by atoms with Crippen LogP contribution in [0.2, 0.25) is 0 Å². The van der Waals surface area contributed by atoms with Gasteiger partial charge in [-0.25, -0.2) is 0 Å². The summed E-state index contributed by atoms with van der Waals surface area (Å²) in [6.45, 7) is 1.35. The van der Waals surface area contributed by atoms with E-state index >= 15 is 0 Å². The Morgan fingerprint density at radius 3 is 3.00 bits per heavy atom. The topological polar surface area (TPSA) is 18.5 Å². The van der Waals surface area contributed by atoms with Gasteiger partial charge in [0, 0.05) is 17.5 Å². The highest BCUT2D eigenvalue weighted by atomic mass is 127. The highest BCUT2D eigenvalue weighted by Gasteiger charge is 2.12. The van der Waals surface area contributed by atoms with Crippen LogP contribution in [-0.2, 0) is 9.47 Å². The molecule has 1 saturated heterocycles. The molecule has 0 bridgehead atoms. The van der Waals surface area contributed by atoms with Crippen molar-refractivity contribution in [3.05, 3.63) is 0 Å². The monoisotopic (exact) mass is 294 g/mol. The molecule has 2 nitrogen and oxygen atoms in total. The van der Waals surface area contributed by atoms with Crippen molar-refractivity contribution in [2.45, 2.75) is 32.0 Å². The van der Waals surface area contributed by atoms with Crippen LogP contribution < -0.4 is 0 Å². The molecule has 0 N–H and O–H groups in total. The molecule has 0 aromatic heterocycles. The molecule has 1 unspecified atom stereocenters. The molecular weight excluding hydrogens is 279 g/mol. The fourth-order valence-corrected chi connectivity index (χ4v) is 1.43. The molecule has 1 aliphatic heterocycles. The second-order valence-electron chi connectivity index (χ2n) is 2.90. The summed E-state index contributed by atoms with van der Waals surface area (Å²) in [6.07, 6.45) is 4.36. The van der Waals surface area contributed by atoms with E-state index in [0.717, 1.165) is 23.9 Å². The minimum absolute atomic E-state index is 0.00246. The van der Waals surface area contributed by atoms with Crippen molar-refractivity contribution >= 4 is 22.6 Å². The van der Waals surface area contributed by atoms with Crippen LogP contribution in [0.1, 0.15) is 25.7 Å². The van der Waals surface area contributed by atoms with Gasteiger partial charge < -0.3 is 9.47 Å². The first kappa shape index (κ1) is 11.3. The lowest BCUT2D eigenvalue weighted by Crippen LogP contribution is -2.22. The predicted molar refractivity (Wildman–Crippen MR) is 60.8 cm³/mol. The van der Waals surface area contributed by atoms with Crippen LogP contribution in [-0.4, -0.2) is 23.9 Å². The van der Waals surface area contributed by atoms with Crippen molar-refractivity contribution in [3.63, 3.8) is 0 Å². The Kier molecular flexibility index (Phi) is 6.60. The largest absolute Gasteiger partial charge is 0.353 e. The van der Waals surface area contributed by atoms with Gasteiger partial charge in [0.15, 0.2) is 6.29 Å². The van der Waals surface area contributed by atoms with E-state index in [-0.39, 0.29) is 6.29 Å². The third-order valence-corrected chi connectivity index (χ3v) is 2.36. The van der Waals surface area contributed by atoms with Crippen LogP contribution >= 0.6 is 22.6 Å². The summed E-state index contributed by atoms with van der Waals surface area (Å²) < 4.78 is 11.9. The lowest BCUT2D eigenvalue weighted by atomic mass is 10.2. The van der Waals surface area contributed by atoms with Crippen LogP contribution in [0, 0.1) is 11.8 Å². The van der Waals surface area contributed by atoms with Crippen LogP contribution in [0.15, 0.2) is 0 Å². The molecule has 1 heterocycles. The summed E-state index contributed by atoms with van der Waals surface area (Å²) in [5, 5.41) is 0. The second-order valence-corrected chi connectivity index (χ2v) is 3.98. The molecule has 0 radical (unpaired) electrons. The molecule has 0 spiro atoms. The average Bonchev–Trinajstić information content (AvgIpc) is 2.19. The quantitative estimate of drug-likeness (QED) is 0.452. The smallest absolute Gasteiger partial charge is 0.158 e. The number of hydrogen-bond acceptors (Lipinski definition) is 2. The van der Waals surface area contributed by atoms with Crippen molar-refractivity contribution in [2.24, 2.45) is 0 Å². The molecule has 0 aromatic rings. The summed E-state index contributed by atoms with van der Waals surface area (Å²) in [5.41, 5.74) is 0. The van der Waals surface area contributed by atoms with E-state index in [9.17, 15) is 0 Å². The standard InChI is InChI=1S/C10H15IO2/c11-7-3-1-4-8-12-10-6-2-5-9-13-10/h10H,2-3,5-9H2. The molecule has 0 aromatic carbocycles. The maximum absolute atomic E-state index is 5.43. The van der Waals surface area contributed by atoms with Gasteiger partial charge in [-0.1, -0.05) is 28.5 Å². The van der Waals surface area contributed by atoms with E-state index in [0.29, 0.717) is 6.61 Å². The third-order valence-electron chi connectivity index (χ3n) is 1.82. The minimum Gasteiger partial charge on any atom is -0.353 e. The van der Waals surface area contributed by atoms with Crippen LogP contribution in [0.3, 0.4) is 0 Å². The first-order chi connectivity index (χ1) is 6.43. The first-order valence-electron chi connectivity index (χ1n) is 4.68. The zero-order valence-electron chi connectivity index (χ0n) is 7.72. The summed E-state index contributed by atoms with van der Waals surface area (Å²) in [5.74, 6) is 6.01. The highest BCUT2D eigenvalue weighted by Crippen LogP contribution is 2.12. The molecule has 0 saturated carbocycles. The van der Waals surface area contributed by atoms with E-state index in [1.807, 2.05) is 0 Å². The first-order valence-corrected chi connectivity index (χ1v) is 6.21. The van der Waals surface area contributed by atoms with E-state index < -0.39 is 0 Å². The van der Waals surface area contributed by atoms with E-state index in [2.05, 4.69) is 34.4 Å². The van der Waals surface area contributed by atoms with Crippen molar-refractivity contribution in [3.8, 4) is 11.8 Å². The summed E-state index contributed by atoms with van der Waals surface area (Å²) in [6, 6.07) is 0. The molecular formula is C10H15IO2. The van der Waals surface area contributed by atoms with Crippen molar-refractivity contribution in [1.82, 2.24) is 0 Å². The van der Waals surface area contributed by atoms with E-state index in [1.165, 1.54) is 12.8 Å². The maximum Gasteiger partial charge on any atom is 0.158 e. The van der Waals surface area contributed by atoms with Gasteiger partial charge >= 0.3 is 0 Å². The molecule has 0 amide bonds. The zero-order valence-corrected chi connectivity index (χ0v) is 9.88. The molecule has 1 fully saturated rings. The van der Waals surface area contributed by atoms with Gasteiger partial charge in [0.1, 0.15) is 6.61 Å². The Morgan fingerprint density at radius 2 is 2.31 bits per heavy atom. The molecule has 0 aliphatic carbocycles. The fourth-order valence-electron chi connectivity index (χ4n) is 1.16. The highest BCUT2D eigenvalue weighted by molar-refractivity contribution is 14.1. The Morgan fingerprint density at radius 1 is 1.38 bits per heavy atom. The Bertz CT molecular complexity index is 177. The number of rotatable bonds is 3. The van der Waals surface area contributed by atoms with Crippen LogP contribution in [0.5, 0.6) is 0 Å². The van der Waals surface area contributed by atoms with Crippen LogP contribution in [0.25, 0.3) is 0 Å². The summed E-state index contributed by atoms with van der Waals surface area (Å²) >= 11 is 2.31. The lowest BCUT2D eigenvalue weighted by Gasteiger charge is -2.21. The Balaban J connectivity index is 2.01. The molecule has 1 rings (SSSR count).